The molecule has 0 fully saturated rings. The van der Waals surface area contributed by atoms with Crippen LogP contribution >= 0.6 is 0 Å². The molecule has 146 valence electrons. The molecule has 0 heterocycles. The Morgan fingerprint density at radius 2 is 1.48 bits per heavy atom. The van der Waals surface area contributed by atoms with Crippen molar-refractivity contribution in [3.05, 3.63) is 113 Å². The standard InChI is InChI=1S/C25H22O4/c26-23(16-14-20-10-4-5-11-21(20)15-17-25(27)28)22-12-6-7-13-24(22)29-18-19-8-2-1-3-9-19/h1-17,23,26H,18H2,(H,27,28)/b16-14+,17-15+. The van der Waals surface area contributed by atoms with Gasteiger partial charge in [0.25, 0.3) is 0 Å². The Morgan fingerprint density at radius 1 is 0.862 bits per heavy atom. The fourth-order valence-corrected chi connectivity index (χ4v) is 2.87. The smallest absolute Gasteiger partial charge is 0.328 e. The molecule has 0 aromatic heterocycles. The van der Waals surface area contributed by atoms with Crippen LogP contribution in [-0.4, -0.2) is 16.2 Å². The highest BCUT2D eigenvalue weighted by molar-refractivity contribution is 5.86. The average molecular weight is 386 g/mol. The van der Waals surface area contributed by atoms with E-state index in [0.29, 0.717) is 17.9 Å². The fraction of sp³-hybridized carbons (Fsp3) is 0.0800. The first-order chi connectivity index (χ1) is 14.1. The molecule has 3 aromatic carbocycles. The van der Waals surface area contributed by atoms with Crippen LogP contribution in [0.1, 0.15) is 28.4 Å². The van der Waals surface area contributed by atoms with Crippen molar-refractivity contribution in [1.82, 2.24) is 0 Å². The Hall–Kier alpha value is -3.63. The lowest BCUT2D eigenvalue weighted by atomic mass is 10.0. The lowest BCUT2D eigenvalue weighted by molar-refractivity contribution is -0.131. The molecular formula is C25H22O4. The highest BCUT2D eigenvalue weighted by Gasteiger charge is 2.11. The van der Waals surface area contributed by atoms with Crippen molar-refractivity contribution in [3.8, 4) is 5.75 Å². The number of ether oxygens (including phenoxy) is 1. The van der Waals surface area contributed by atoms with Crippen molar-refractivity contribution in [3.63, 3.8) is 0 Å². The van der Waals surface area contributed by atoms with Crippen molar-refractivity contribution in [2.45, 2.75) is 12.7 Å². The summed E-state index contributed by atoms with van der Waals surface area (Å²) in [6, 6.07) is 24.6. The molecule has 0 saturated carbocycles. The molecule has 1 unspecified atom stereocenters. The van der Waals surface area contributed by atoms with Crippen LogP contribution in [0, 0.1) is 0 Å². The number of hydrogen-bond donors (Lipinski definition) is 2. The summed E-state index contributed by atoms with van der Waals surface area (Å²) < 4.78 is 5.91. The third-order valence-electron chi connectivity index (χ3n) is 4.33. The summed E-state index contributed by atoms with van der Waals surface area (Å²) >= 11 is 0. The van der Waals surface area contributed by atoms with Crippen LogP contribution in [0.15, 0.2) is 91.0 Å². The number of benzene rings is 3. The van der Waals surface area contributed by atoms with E-state index in [1.165, 1.54) is 6.08 Å². The minimum Gasteiger partial charge on any atom is -0.489 e. The number of hydrogen-bond acceptors (Lipinski definition) is 3. The molecule has 0 amide bonds. The van der Waals surface area contributed by atoms with Crippen LogP contribution in [0.25, 0.3) is 12.2 Å². The van der Waals surface area contributed by atoms with Gasteiger partial charge in [-0.2, -0.15) is 0 Å². The summed E-state index contributed by atoms with van der Waals surface area (Å²) in [4.78, 5) is 10.8. The first kappa shape index (κ1) is 20.1. The Morgan fingerprint density at radius 3 is 2.21 bits per heavy atom. The van der Waals surface area contributed by atoms with Gasteiger partial charge in [0.1, 0.15) is 18.5 Å². The normalized spacial score (nSPS) is 12.3. The molecule has 1 atom stereocenters. The van der Waals surface area contributed by atoms with Crippen molar-refractivity contribution >= 4 is 18.1 Å². The van der Waals surface area contributed by atoms with Crippen LogP contribution in [-0.2, 0) is 11.4 Å². The molecule has 0 aliphatic rings. The maximum Gasteiger partial charge on any atom is 0.328 e. The number of para-hydroxylation sites is 1. The molecule has 0 spiro atoms. The van der Waals surface area contributed by atoms with Gasteiger partial charge in [-0.1, -0.05) is 84.9 Å². The van der Waals surface area contributed by atoms with Gasteiger partial charge < -0.3 is 14.9 Å². The van der Waals surface area contributed by atoms with Crippen LogP contribution in [0.2, 0.25) is 0 Å². The van der Waals surface area contributed by atoms with Gasteiger partial charge in [0.2, 0.25) is 0 Å². The minimum atomic E-state index is -1.01. The number of aliphatic carboxylic acids is 1. The molecule has 2 N–H and O–H groups in total. The number of rotatable bonds is 8. The predicted molar refractivity (Wildman–Crippen MR) is 114 cm³/mol. The zero-order valence-electron chi connectivity index (χ0n) is 15.8. The Kier molecular flexibility index (Phi) is 6.98. The van der Waals surface area contributed by atoms with E-state index in [-0.39, 0.29) is 0 Å². The first-order valence-corrected chi connectivity index (χ1v) is 9.25. The van der Waals surface area contributed by atoms with Gasteiger partial charge in [-0.05, 0) is 28.8 Å². The quantitative estimate of drug-likeness (QED) is 0.528. The number of carboxylic acid groups (broad SMARTS) is 1. The van der Waals surface area contributed by atoms with Gasteiger partial charge in [0, 0.05) is 11.6 Å². The summed E-state index contributed by atoms with van der Waals surface area (Å²) in [5.74, 6) is -0.388. The first-order valence-electron chi connectivity index (χ1n) is 9.25. The maximum absolute atomic E-state index is 10.8. The summed E-state index contributed by atoms with van der Waals surface area (Å²) in [7, 11) is 0. The molecule has 0 saturated heterocycles. The molecular weight excluding hydrogens is 364 g/mol. The number of carbonyl (C=O) groups is 1. The number of aliphatic hydroxyl groups excluding tert-OH is 1. The highest BCUT2D eigenvalue weighted by atomic mass is 16.5. The van der Waals surface area contributed by atoms with Crippen LogP contribution in [0.5, 0.6) is 5.75 Å². The Balaban J connectivity index is 1.76. The monoisotopic (exact) mass is 386 g/mol. The molecule has 3 aromatic rings. The van der Waals surface area contributed by atoms with Crippen molar-refractivity contribution < 1.29 is 19.7 Å². The van der Waals surface area contributed by atoms with E-state index in [1.54, 1.807) is 12.2 Å². The van der Waals surface area contributed by atoms with Gasteiger partial charge in [-0.15, -0.1) is 0 Å². The summed E-state index contributed by atoms with van der Waals surface area (Å²) in [5, 5.41) is 19.5. The second kappa shape index (κ2) is 10.1. The number of aliphatic hydroxyl groups is 1. The molecule has 0 bridgehead atoms. The molecule has 3 rings (SSSR count). The average Bonchev–Trinajstić information content (AvgIpc) is 2.76. The molecule has 4 heteroatoms. The molecule has 0 aliphatic carbocycles. The second-order valence-electron chi connectivity index (χ2n) is 6.42. The van der Waals surface area contributed by atoms with E-state index >= 15 is 0 Å². The van der Waals surface area contributed by atoms with E-state index in [1.807, 2.05) is 78.9 Å². The van der Waals surface area contributed by atoms with Crippen molar-refractivity contribution in [2.75, 3.05) is 0 Å². The lowest BCUT2D eigenvalue weighted by Gasteiger charge is -2.14. The van der Waals surface area contributed by atoms with Gasteiger partial charge in [-0.25, -0.2) is 4.79 Å². The molecule has 29 heavy (non-hydrogen) atoms. The molecule has 4 nitrogen and oxygen atoms in total. The zero-order chi connectivity index (χ0) is 20.5. The third kappa shape index (κ3) is 5.92. The summed E-state index contributed by atoms with van der Waals surface area (Å²) in [6.45, 7) is 0.414. The maximum atomic E-state index is 10.8. The van der Waals surface area contributed by atoms with Gasteiger partial charge in [0.05, 0.1) is 0 Å². The summed E-state index contributed by atoms with van der Waals surface area (Å²) in [5.41, 5.74) is 3.28. The lowest BCUT2D eigenvalue weighted by Crippen LogP contribution is -2.01. The van der Waals surface area contributed by atoms with E-state index in [0.717, 1.165) is 22.8 Å². The minimum absolute atomic E-state index is 0.414. The fourth-order valence-electron chi connectivity index (χ4n) is 2.87. The molecule has 0 radical (unpaired) electrons. The third-order valence-corrected chi connectivity index (χ3v) is 4.33. The van der Waals surface area contributed by atoms with Gasteiger partial charge in [-0.3, -0.25) is 0 Å². The van der Waals surface area contributed by atoms with Crippen molar-refractivity contribution in [2.24, 2.45) is 0 Å². The SMILES string of the molecule is O=C(O)/C=C/c1ccccc1/C=C/C(O)c1ccccc1OCc1ccccc1. The van der Waals surface area contributed by atoms with Gasteiger partial charge in [0.15, 0.2) is 0 Å². The van der Waals surface area contributed by atoms with Crippen LogP contribution in [0.3, 0.4) is 0 Å². The van der Waals surface area contributed by atoms with Crippen LogP contribution in [0.4, 0.5) is 0 Å². The van der Waals surface area contributed by atoms with E-state index < -0.39 is 12.1 Å². The Labute approximate surface area is 170 Å². The largest absolute Gasteiger partial charge is 0.489 e. The van der Waals surface area contributed by atoms with E-state index in [9.17, 15) is 9.90 Å². The second-order valence-corrected chi connectivity index (χ2v) is 6.42. The van der Waals surface area contributed by atoms with E-state index in [4.69, 9.17) is 9.84 Å². The highest BCUT2D eigenvalue weighted by Crippen LogP contribution is 2.27. The Bertz CT molecular complexity index is 1010. The summed E-state index contributed by atoms with van der Waals surface area (Å²) in [6.07, 6.45) is 5.21. The number of carboxylic acids is 1. The van der Waals surface area contributed by atoms with Gasteiger partial charge >= 0.3 is 5.97 Å². The van der Waals surface area contributed by atoms with Crippen LogP contribution < -0.4 is 4.74 Å². The zero-order valence-corrected chi connectivity index (χ0v) is 15.8. The topological polar surface area (TPSA) is 66.8 Å². The molecule has 0 aliphatic heterocycles. The van der Waals surface area contributed by atoms with E-state index in [2.05, 4.69) is 0 Å². The van der Waals surface area contributed by atoms with Crippen molar-refractivity contribution in [1.29, 1.82) is 0 Å². The predicted octanol–water partition coefficient (Wildman–Crippen LogP) is 5.11.